The minimum absolute atomic E-state index is 0.117. The third-order valence-corrected chi connectivity index (χ3v) is 4.83. The molecule has 0 spiro atoms. The molecule has 2 rings (SSSR count). The highest BCUT2D eigenvalue weighted by molar-refractivity contribution is 5.88. The number of hydrogen-bond donors (Lipinski definition) is 1. The molecule has 1 aliphatic heterocycles. The van der Waals surface area contributed by atoms with Crippen molar-refractivity contribution in [3.05, 3.63) is 35.9 Å². The van der Waals surface area contributed by atoms with E-state index < -0.39 is 5.54 Å². The summed E-state index contributed by atoms with van der Waals surface area (Å²) in [6, 6.07) is 10.5. The van der Waals surface area contributed by atoms with Gasteiger partial charge in [-0.25, -0.2) is 0 Å². The number of benzene rings is 1. The number of carbonyl (C=O) groups is 1. The molecule has 1 amide bonds. The summed E-state index contributed by atoms with van der Waals surface area (Å²) in [6.07, 6.45) is 1.99. The van der Waals surface area contributed by atoms with E-state index in [1.165, 1.54) is 5.56 Å². The topological polar surface area (TPSA) is 32.3 Å². The van der Waals surface area contributed by atoms with Gasteiger partial charge in [0.1, 0.15) is 5.54 Å². The lowest BCUT2D eigenvalue weighted by atomic mass is 9.70. The van der Waals surface area contributed by atoms with Gasteiger partial charge in [0, 0.05) is 12.1 Å². The highest BCUT2D eigenvalue weighted by Crippen LogP contribution is 2.45. The fourth-order valence-electron chi connectivity index (χ4n) is 3.78. The van der Waals surface area contributed by atoms with Crippen molar-refractivity contribution < 1.29 is 4.79 Å². The van der Waals surface area contributed by atoms with Gasteiger partial charge in [-0.2, -0.15) is 0 Å². The molecule has 0 aliphatic carbocycles. The van der Waals surface area contributed by atoms with Crippen LogP contribution in [-0.4, -0.2) is 28.4 Å². The Labute approximate surface area is 141 Å². The maximum Gasteiger partial charge on any atom is 0.241 e. The molecule has 1 aromatic carbocycles. The van der Waals surface area contributed by atoms with Crippen molar-refractivity contribution >= 4 is 5.91 Å². The molecule has 3 nitrogen and oxygen atoms in total. The van der Waals surface area contributed by atoms with Crippen LogP contribution in [0.3, 0.4) is 0 Å². The van der Waals surface area contributed by atoms with Crippen molar-refractivity contribution in [3.63, 3.8) is 0 Å². The van der Waals surface area contributed by atoms with Crippen molar-refractivity contribution in [2.45, 2.75) is 72.0 Å². The van der Waals surface area contributed by atoms with E-state index in [9.17, 15) is 4.79 Å². The Balaban J connectivity index is 2.34. The minimum atomic E-state index is -0.448. The zero-order valence-corrected chi connectivity index (χ0v) is 15.6. The number of hydrogen-bond acceptors (Lipinski definition) is 2. The summed E-state index contributed by atoms with van der Waals surface area (Å²) in [5.41, 5.74) is 0.492. The van der Waals surface area contributed by atoms with E-state index in [0.29, 0.717) is 0 Å². The largest absolute Gasteiger partial charge is 0.350 e. The minimum Gasteiger partial charge on any atom is -0.350 e. The highest BCUT2D eigenvalue weighted by atomic mass is 16.2. The Bertz CT molecular complexity index is 539. The standard InChI is InChI=1S/C20H32N2O/c1-18(2,3)20(17(23)21-19(4,5)6)13-10-14-22(20)15-16-11-8-7-9-12-16/h7-9,11-12H,10,13-15H2,1-6H3,(H,21,23)/t20-/m0/s1. The zero-order chi connectivity index (χ0) is 17.3. The first-order chi connectivity index (χ1) is 10.6. The van der Waals surface area contributed by atoms with E-state index in [0.717, 1.165) is 25.9 Å². The molecule has 0 unspecified atom stereocenters. The van der Waals surface area contributed by atoms with Gasteiger partial charge in [-0.05, 0) is 51.1 Å². The van der Waals surface area contributed by atoms with Crippen molar-refractivity contribution in [2.75, 3.05) is 6.54 Å². The van der Waals surface area contributed by atoms with Crippen molar-refractivity contribution in [3.8, 4) is 0 Å². The Kier molecular flexibility index (Phi) is 4.91. The summed E-state index contributed by atoms with van der Waals surface area (Å²) in [5, 5.41) is 3.24. The summed E-state index contributed by atoms with van der Waals surface area (Å²) < 4.78 is 0. The summed E-state index contributed by atoms with van der Waals surface area (Å²) in [4.78, 5) is 15.7. The number of amides is 1. The van der Waals surface area contributed by atoms with Gasteiger partial charge < -0.3 is 5.32 Å². The number of nitrogens with one attached hydrogen (secondary N) is 1. The first-order valence-electron chi connectivity index (χ1n) is 8.68. The van der Waals surface area contributed by atoms with Gasteiger partial charge in [0.05, 0.1) is 0 Å². The normalized spacial score (nSPS) is 23.0. The van der Waals surface area contributed by atoms with Crippen LogP contribution in [0.5, 0.6) is 0 Å². The second kappa shape index (κ2) is 6.27. The second-order valence-corrected chi connectivity index (χ2v) is 8.83. The van der Waals surface area contributed by atoms with E-state index in [1.54, 1.807) is 0 Å². The van der Waals surface area contributed by atoms with Gasteiger partial charge in [-0.3, -0.25) is 9.69 Å². The number of likely N-dealkylation sites (tertiary alicyclic amines) is 1. The molecule has 1 N–H and O–H groups in total. The van der Waals surface area contributed by atoms with Gasteiger partial charge in [-0.1, -0.05) is 51.1 Å². The maximum atomic E-state index is 13.3. The zero-order valence-electron chi connectivity index (χ0n) is 15.6. The molecule has 0 radical (unpaired) electrons. The quantitative estimate of drug-likeness (QED) is 0.914. The molecule has 1 fully saturated rings. The highest BCUT2D eigenvalue weighted by Gasteiger charge is 2.55. The van der Waals surface area contributed by atoms with Gasteiger partial charge in [0.15, 0.2) is 0 Å². The molecular weight excluding hydrogens is 284 g/mol. The number of carbonyl (C=O) groups excluding carboxylic acids is 1. The lowest BCUT2D eigenvalue weighted by Gasteiger charge is -2.48. The first-order valence-corrected chi connectivity index (χ1v) is 8.68. The van der Waals surface area contributed by atoms with Crippen LogP contribution in [0.2, 0.25) is 0 Å². The Morgan fingerprint density at radius 2 is 1.74 bits per heavy atom. The van der Waals surface area contributed by atoms with Crippen LogP contribution in [-0.2, 0) is 11.3 Å². The summed E-state index contributed by atoms with van der Waals surface area (Å²) in [7, 11) is 0. The fourth-order valence-corrected chi connectivity index (χ4v) is 3.78. The average Bonchev–Trinajstić information content (AvgIpc) is 2.82. The van der Waals surface area contributed by atoms with E-state index in [4.69, 9.17) is 0 Å². The maximum absolute atomic E-state index is 13.3. The predicted molar refractivity (Wildman–Crippen MR) is 96.2 cm³/mol. The summed E-state index contributed by atoms with van der Waals surface area (Å²) in [6.45, 7) is 14.5. The molecule has 1 saturated heterocycles. The van der Waals surface area contributed by atoms with Gasteiger partial charge in [0.25, 0.3) is 0 Å². The number of nitrogens with zero attached hydrogens (tertiary/aromatic N) is 1. The number of rotatable bonds is 3. The van der Waals surface area contributed by atoms with Crippen LogP contribution in [0.15, 0.2) is 30.3 Å². The second-order valence-electron chi connectivity index (χ2n) is 8.83. The smallest absolute Gasteiger partial charge is 0.241 e. The van der Waals surface area contributed by atoms with Gasteiger partial charge in [-0.15, -0.1) is 0 Å². The van der Waals surface area contributed by atoms with Crippen molar-refractivity contribution in [2.24, 2.45) is 5.41 Å². The van der Waals surface area contributed by atoms with E-state index in [-0.39, 0.29) is 16.9 Å². The first kappa shape index (κ1) is 18.0. The molecule has 23 heavy (non-hydrogen) atoms. The fraction of sp³-hybridized carbons (Fsp3) is 0.650. The van der Waals surface area contributed by atoms with Gasteiger partial charge >= 0.3 is 0 Å². The van der Waals surface area contributed by atoms with Crippen LogP contribution >= 0.6 is 0 Å². The molecule has 1 aliphatic rings. The van der Waals surface area contributed by atoms with Crippen molar-refractivity contribution in [1.82, 2.24) is 10.2 Å². The van der Waals surface area contributed by atoms with Gasteiger partial charge in [0.2, 0.25) is 5.91 Å². The molecule has 1 aromatic rings. The molecule has 1 atom stereocenters. The third kappa shape index (κ3) is 3.77. The average molecular weight is 316 g/mol. The van der Waals surface area contributed by atoms with Crippen LogP contribution in [0.4, 0.5) is 0 Å². The lowest BCUT2D eigenvalue weighted by Crippen LogP contribution is -2.64. The predicted octanol–water partition coefficient (Wildman–Crippen LogP) is 3.98. The van der Waals surface area contributed by atoms with Crippen LogP contribution < -0.4 is 5.32 Å². The Morgan fingerprint density at radius 3 is 2.26 bits per heavy atom. The SMILES string of the molecule is CC(C)(C)NC(=O)[C@]1(C(C)(C)C)CCCN1Cc1ccccc1. The Morgan fingerprint density at radius 1 is 1.13 bits per heavy atom. The lowest BCUT2D eigenvalue weighted by molar-refractivity contribution is -0.141. The Hall–Kier alpha value is -1.35. The van der Waals surface area contributed by atoms with E-state index in [1.807, 2.05) is 6.07 Å². The van der Waals surface area contributed by atoms with Crippen LogP contribution in [0, 0.1) is 5.41 Å². The molecule has 128 valence electrons. The molecular formula is C20H32N2O. The summed E-state index contributed by atoms with van der Waals surface area (Å²) in [5.74, 6) is 0.172. The third-order valence-electron chi connectivity index (χ3n) is 4.83. The molecule has 3 heteroatoms. The summed E-state index contributed by atoms with van der Waals surface area (Å²) >= 11 is 0. The van der Waals surface area contributed by atoms with Crippen LogP contribution in [0.25, 0.3) is 0 Å². The van der Waals surface area contributed by atoms with Crippen LogP contribution in [0.1, 0.15) is 59.9 Å². The monoisotopic (exact) mass is 316 g/mol. The van der Waals surface area contributed by atoms with E-state index >= 15 is 0 Å². The molecule has 1 heterocycles. The molecule has 0 bridgehead atoms. The van der Waals surface area contributed by atoms with Crippen molar-refractivity contribution in [1.29, 1.82) is 0 Å². The molecule has 0 saturated carbocycles. The molecule has 0 aromatic heterocycles. The van der Waals surface area contributed by atoms with E-state index in [2.05, 4.69) is 76.0 Å².